The molecule has 0 saturated carbocycles. The van der Waals surface area contributed by atoms with Crippen LogP contribution in [0.4, 0.5) is 0 Å². The summed E-state index contributed by atoms with van der Waals surface area (Å²) in [4.78, 5) is 0. The van der Waals surface area contributed by atoms with E-state index in [1.165, 1.54) is 5.56 Å². The van der Waals surface area contributed by atoms with Crippen LogP contribution in [0.15, 0.2) is 53.7 Å². The van der Waals surface area contributed by atoms with Gasteiger partial charge in [0.15, 0.2) is 0 Å². The monoisotopic (exact) mass is 204 g/mol. The highest BCUT2D eigenvalue weighted by Gasteiger charge is 1.78. The van der Waals surface area contributed by atoms with Gasteiger partial charge in [-0.1, -0.05) is 30.9 Å². The Labute approximate surface area is 88.0 Å². The average molecular weight is 204 g/mol. The summed E-state index contributed by atoms with van der Waals surface area (Å²) in [7, 11) is 0. The summed E-state index contributed by atoms with van der Waals surface area (Å²) in [6, 6.07) is 10.8. The van der Waals surface area contributed by atoms with E-state index in [0.717, 1.165) is 0 Å². The minimum absolute atomic E-state index is 0.322. The van der Waals surface area contributed by atoms with Crippen molar-refractivity contribution in [3.63, 3.8) is 0 Å². The molecule has 1 N–H and O–H groups in total. The Hall–Kier alpha value is -1.54. The standard InChI is InChI=1S/C6H6O.C6H6S/c7-6-4-2-1-3-5-6;1-2-6-3-4-7-5-6/h1-5,7H;2-5H,1H2. The zero-order valence-electron chi connectivity index (χ0n) is 7.76. The normalized spacial score (nSPS) is 8.57. The van der Waals surface area contributed by atoms with Gasteiger partial charge in [-0.25, -0.2) is 0 Å². The van der Waals surface area contributed by atoms with Crippen LogP contribution in [0.25, 0.3) is 6.08 Å². The molecule has 1 aromatic heterocycles. The summed E-state index contributed by atoms with van der Waals surface area (Å²) in [5.41, 5.74) is 1.21. The van der Waals surface area contributed by atoms with Gasteiger partial charge in [-0.15, -0.1) is 0 Å². The van der Waals surface area contributed by atoms with E-state index < -0.39 is 0 Å². The van der Waals surface area contributed by atoms with Crippen molar-refractivity contribution < 1.29 is 5.11 Å². The quantitative estimate of drug-likeness (QED) is 0.749. The Kier molecular flexibility index (Phi) is 4.51. The summed E-state index contributed by atoms with van der Waals surface area (Å²) in [5.74, 6) is 0.322. The molecule has 1 nitrogen and oxygen atoms in total. The molecule has 0 saturated heterocycles. The van der Waals surface area contributed by atoms with Crippen LogP contribution in [-0.2, 0) is 0 Å². The summed E-state index contributed by atoms with van der Waals surface area (Å²) >= 11 is 1.69. The predicted molar refractivity (Wildman–Crippen MR) is 62.5 cm³/mol. The molecular weight excluding hydrogens is 192 g/mol. The van der Waals surface area contributed by atoms with Gasteiger partial charge in [-0.2, -0.15) is 11.3 Å². The van der Waals surface area contributed by atoms with Crippen LogP contribution < -0.4 is 0 Å². The number of rotatable bonds is 1. The first kappa shape index (κ1) is 10.5. The lowest BCUT2D eigenvalue weighted by atomic mass is 10.3. The number of thiophene rings is 1. The fourth-order valence-corrected chi connectivity index (χ4v) is 1.47. The van der Waals surface area contributed by atoms with Crippen molar-refractivity contribution in [1.29, 1.82) is 0 Å². The van der Waals surface area contributed by atoms with Gasteiger partial charge in [0.25, 0.3) is 0 Å². The summed E-state index contributed by atoms with van der Waals surface area (Å²) in [5, 5.41) is 12.7. The van der Waals surface area contributed by atoms with Crippen LogP contribution in [0.5, 0.6) is 5.75 Å². The molecule has 0 fully saturated rings. The van der Waals surface area contributed by atoms with Gasteiger partial charge in [0.1, 0.15) is 5.75 Å². The van der Waals surface area contributed by atoms with Crippen LogP contribution in [0.1, 0.15) is 5.56 Å². The van der Waals surface area contributed by atoms with Crippen LogP contribution in [-0.4, -0.2) is 5.11 Å². The average Bonchev–Trinajstić information content (AvgIpc) is 2.72. The summed E-state index contributed by atoms with van der Waals surface area (Å²) in [6.07, 6.45) is 1.84. The van der Waals surface area contributed by atoms with Crippen molar-refractivity contribution >= 4 is 17.4 Å². The molecule has 0 radical (unpaired) electrons. The lowest BCUT2D eigenvalue weighted by molar-refractivity contribution is 0.475. The van der Waals surface area contributed by atoms with E-state index in [-0.39, 0.29) is 0 Å². The van der Waals surface area contributed by atoms with Gasteiger partial charge in [0.2, 0.25) is 0 Å². The maximum atomic E-state index is 8.63. The van der Waals surface area contributed by atoms with Crippen LogP contribution >= 0.6 is 11.3 Å². The second kappa shape index (κ2) is 6.00. The molecule has 0 aliphatic heterocycles. The number of phenolic OH excluding ortho intramolecular Hbond substituents is 1. The molecule has 0 unspecified atom stereocenters. The molecule has 0 atom stereocenters. The largest absolute Gasteiger partial charge is 0.508 e. The van der Waals surface area contributed by atoms with Crippen LogP contribution in [0.3, 0.4) is 0 Å². The third kappa shape index (κ3) is 3.92. The number of benzene rings is 1. The molecule has 0 aliphatic rings. The third-order valence-electron chi connectivity index (χ3n) is 1.54. The Morgan fingerprint density at radius 3 is 2.14 bits per heavy atom. The summed E-state index contributed by atoms with van der Waals surface area (Å²) < 4.78 is 0. The van der Waals surface area contributed by atoms with Crippen molar-refractivity contribution in [2.75, 3.05) is 0 Å². The van der Waals surface area contributed by atoms with Gasteiger partial charge >= 0.3 is 0 Å². The van der Waals surface area contributed by atoms with Gasteiger partial charge < -0.3 is 5.11 Å². The minimum atomic E-state index is 0.322. The molecule has 1 heterocycles. The van der Waals surface area contributed by atoms with Crippen LogP contribution in [0.2, 0.25) is 0 Å². The zero-order chi connectivity index (χ0) is 10.2. The fraction of sp³-hybridized carbons (Fsp3) is 0. The molecule has 0 spiro atoms. The van der Waals surface area contributed by atoms with Gasteiger partial charge in [-0.05, 0) is 34.5 Å². The molecular formula is C12H12OS. The Morgan fingerprint density at radius 1 is 1.14 bits per heavy atom. The van der Waals surface area contributed by atoms with E-state index >= 15 is 0 Å². The zero-order valence-corrected chi connectivity index (χ0v) is 8.58. The van der Waals surface area contributed by atoms with E-state index in [2.05, 4.69) is 12.0 Å². The SMILES string of the molecule is C=Cc1ccsc1.Oc1ccccc1. The molecule has 2 aromatic rings. The van der Waals surface area contributed by atoms with Crippen molar-refractivity contribution in [3.05, 3.63) is 59.3 Å². The number of hydrogen-bond donors (Lipinski definition) is 1. The fourth-order valence-electron chi connectivity index (χ4n) is 0.819. The molecule has 2 heteroatoms. The molecule has 72 valence electrons. The first-order valence-electron chi connectivity index (χ1n) is 4.21. The Balaban J connectivity index is 0.000000140. The van der Waals surface area contributed by atoms with E-state index in [1.54, 1.807) is 35.6 Å². The summed E-state index contributed by atoms with van der Waals surface area (Å²) in [6.45, 7) is 3.61. The van der Waals surface area contributed by atoms with Gasteiger partial charge in [0.05, 0.1) is 0 Å². The Bertz CT molecular complexity index is 351. The van der Waals surface area contributed by atoms with Crippen molar-refractivity contribution in [3.8, 4) is 5.75 Å². The van der Waals surface area contributed by atoms with E-state index in [1.807, 2.05) is 23.6 Å². The highest BCUT2D eigenvalue weighted by atomic mass is 32.1. The van der Waals surface area contributed by atoms with Crippen molar-refractivity contribution in [1.82, 2.24) is 0 Å². The maximum Gasteiger partial charge on any atom is 0.115 e. The minimum Gasteiger partial charge on any atom is -0.508 e. The van der Waals surface area contributed by atoms with E-state index in [4.69, 9.17) is 5.11 Å². The van der Waals surface area contributed by atoms with Gasteiger partial charge in [0, 0.05) is 0 Å². The number of phenols is 1. The first-order valence-corrected chi connectivity index (χ1v) is 5.16. The molecule has 14 heavy (non-hydrogen) atoms. The van der Waals surface area contributed by atoms with Crippen molar-refractivity contribution in [2.45, 2.75) is 0 Å². The van der Waals surface area contributed by atoms with E-state index in [9.17, 15) is 0 Å². The second-order valence-electron chi connectivity index (χ2n) is 2.60. The Morgan fingerprint density at radius 2 is 1.86 bits per heavy atom. The third-order valence-corrected chi connectivity index (χ3v) is 2.24. The molecule has 1 aromatic carbocycles. The predicted octanol–water partition coefficient (Wildman–Crippen LogP) is 3.78. The lowest BCUT2D eigenvalue weighted by Gasteiger charge is -1.82. The number of para-hydroxylation sites is 1. The molecule has 0 amide bonds. The molecule has 0 aliphatic carbocycles. The number of hydrogen-bond acceptors (Lipinski definition) is 2. The van der Waals surface area contributed by atoms with E-state index in [0.29, 0.717) is 5.75 Å². The second-order valence-corrected chi connectivity index (χ2v) is 3.38. The topological polar surface area (TPSA) is 20.2 Å². The first-order chi connectivity index (χ1) is 6.83. The molecule has 0 bridgehead atoms. The molecule has 2 rings (SSSR count). The highest BCUT2D eigenvalue weighted by molar-refractivity contribution is 7.08. The van der Waals surface area contributed by atoms with Crippen molar-refractivity contribution in [2.24, 2.45) is 0 Å². The van der Waals surface area contributed by atoms with Crippen LogP contribution in [0, 0.1) is 0 Å². The lowest BCUT2D eigenvalue weighted by Crippen LogP contribution is -1.56. The highest BCUT2D eigenvalue weighted by Crippen LogP contribution is 2.05. The van der Waals surface area contributed by atoms with Gasteiger partial charge in [-0.3, -0.25) is 0 Å². The maximum absolute atomic E-state index is 8.63. The smallest absolute Gasteiger partial charge is 0.115 e. The number of aromatic hydroxyl groups is 1.